The second-order valence-corrected chi connectivity index (χ2v) is 8.54. The van der Waals surface area contributed by atoms with E-state index in [1.165, 1.54) is 0 Å². The van der Waals surface area contributed by atoms with Crippen LogP contribution in [0.1, 0.15) is 25.7 Å². The fraction of sp³-hybridized carbons (Fsp3) is 1.00. The van der Waals surface area contributed by atoms with Crippen LogP contribution in [-0.4, -0.2) is 46.7 Å². The average molecular weight is 284 g/mol. The van der Waals surface area contributed by atoms with Gasteiger partial charge >= 0.3 is 0 Å². The zero-order valence-corrected chi connectivity index (χ0v) is 11.4. The minimum Gasteiger partial charge on any atom is -0.330 e. The van der Waals surface area contributed by atoms with Gasteiger partial charge in [-0.15, -0.1) is 0 Å². The molecule has 1 saturated heterocycles. The highest BCUT2D eigenvalue weighted by molar-refractivity contribution is 7.91. The Morgan fingerprint density at radius 1 is 1.18 bits per heavy atom. The summed E-state index contributed by atoms with van der Waals surface area (Å²) in [5.41, 5.74) is 5.29. The zero-order valence-electron chi connectivity index (χ0n) is 9.76. The first-order chi connectivity index (χ1) is 7.85. The first kappa shape index (κ1) is 14.9. The molecule has 0 unspecified atom stereocenters. The lowest BCUT2D eigenvalue weighted by Gasteiger charge is -2.22. The fourth-order valence-electron chi connectivity index (χ4n) is 1.76. The molecule has 0 aromatic carbocycles. The van der Waals surface area contributed by atoms with Crippen LogP contribution in [0.3, 0.4) is 0 Å². The number of hydrogen-bond acceptors (Lipinski definition) is 5. The van der Waals surface area contributed by atoms with Gasteiger partial charge in [0.25, 0.3) is 0 Å². The van der Waals surface area contributed by atoms with Crippen LogP contribution in [0.2, 0.25) is 0 Å². The van der Waals surface area contributed by atoms with Crippen LogP contribution in [0.5, 0.6) is 0 Å². The monoisotopic (exact) mass is 284 g/mol. The van der Waals surface area contributed by atoms with E-state index in [9.17, 15) is 16.8 Å². The van der Waals surface area contributed by atoms with E-state index in [0.717, 1.165) is 0 Å². The third-order valence-electron chi connectivity index (χ3n) is 2.77. The molecule has 1 rings (SSSR count). The van der Waals surface area contributed by atoms with Crippen LogP contribution in [0.4, 0.5) is 0 Å². The van der Waals surface area contributed by atoms with Gasteiger partial charge in [-0.3, -0.25) is 0 Å². The van der Waals surface area contributed by atoms with Gasteiger partial charge in [0.15, 0.2) is 0 Å². The summed E-state index contributed by atoms with van der Waals surface area (Å²) in [4.78, 5) is 0. The van der Waals surface area contributed by atoms with E-state index in [-0.39, 0.29) is 23.3 Å². The first-order valence-electron chi connectivity index (χ1n) is 5.75. The number of unbranched alkanes of at least 4 members (excludes halogenated alkanes) is 1. The summed E-state index contributed by atoms with van der Waals surface area (Å²) in [5.74, 6) is 0.208. The molecule has 0 bridgehead atoms. The molecule has 17 heavy (non-hydrogen) atoms. The van der Waals surface area contributed by atoms with Gasteiger partial charge in [0.05, 0.1) is 17.3 Å². The molecule has 1 heterocycles. The molecule has 8 heteroatoms. The van der Waals surface area contributed by atoms with Crippen molar-refractivity contribution in [2.75, 3.05) is 23.8 Å². The van der Waals surface area contributed by atoms with Gasteiger partial charge in [0, 0.05) is 6.04 Å². The Morgan fingerprint density at radius 2 is 1.76 bits per heavy atom. The maximum Gasteiger partial charge on any atom is 0.211 e. The lowest BCUT2D eigenvalue weighted by molar-refractivity contribution is 0.504. The van der Waals surface area contributed by atoms with Crippen LogP contribution >= 0.6 is 0 Å². The lowest BCUT2D eigenvalue weighted by Crippen LogP contribution is -2.41. The fourth-order valence-corrected chi connectivity index (χ4v) is 4.69. The van der Waals surface area contributed by atoms with Gasteiger partial charge < -0.3 is 5.73 Å². The summed E-state index contributed by atoms with van der Waals surface area (Å²) in [5, 5.41) is 0. The Balaban J connectivity index is 2.39. The van der Waals surface area contributed by atoms with E-state index in [1.807, 2.05) is 0 Å². The SMILES string of the molecule is NCCCCS(=O)(=O)NC1CCS(=O)(=O)CC1. The number of sulfonamides is 1. The van der Waals surface area contributed by atoms with Crippen molar-refractivity contribution in [2.24, 2.45) is 5.73 Å². The van der Waals surface area contributed by atoms with E-state index >= 15 is 0 Å². The molecule has 0 radical (unpaired) electrons. The Hall–Kier alpha value is -0.180. The normalized spacial score (nSPS) is 21.5. The van der Waals surface area contributed by atoms with Crippen molar-refractivity contribution in [1.29, 1.82) is 0 Å². The molecule has 0 amide bonds. The van der Waals surface area contributed by atoms with Crippen molar-refractivity contribution >= 4 is 19.9 Å². The van der Waals surface area contributed by atoms with Crippen LogP contribution in [0.25, 0.3) is 0 Å². The maximum atomic E-state index is 11.6. The second-order valence-electron chi connectivity index (χ2n) is 4.36. The maximum absolute atomic E-state index is 11.6. The molecule has 3 N–H and O–H groups in total. The first-order valence-corrected chi connectivity index (χ1v) is 9.22. The van der Waals surface area contributed by atoms with Crippen LogP contribution in [-0.2, 0) is 19.9 Å². The van der Waals surface area contributed by atoms with E-state index in [0.29, 0.717) is 32.2 Å². The highest BCUT2D eigenvalue weighted by atomic mass is 32.2. The third kappa shape index (κ3) is 5.80. The molecule has 0 aliphatic carbocycles. The Bertz CT molecular complexity index is 416. The smallest absolute Gasteiger partial charge is 0.211 e. The molecule has 0 atom stereocenters. The molecule has 0 saturated carbocycles. The van der Waals surface area contributed by atoms with Crippen molar-refractivity contribution in [2.45, 2.75) is 31.7 Å². The van der Waals surface area contributed by atoms with Crippen molar-refractivity contribution in [1.82, 2.24) is 4.72 Å². The van der Waals surface area contributed by atoms with Crippen molar-refractivity contribution in [3.8, 4) is 0 Å². The number of nitrogens with two attached hydrogens (primary N) is 1. The highest BCUT2D eigenvalue weighted by Gasteiger charge is 2.26. The van der Waals surface area contributed by atoms with E-state index in [2.05, 4.69) is 4.72 Å². The number of hydrogen-bond donors (Lipinski definition) is 2. The molecule has 0 aromatic rings. The molecule has 6 nitrogen and oxygen atoms in total. The summed E-state index contributed by atoms with van der Waals surface area (Å²) >= 11 is 0. The quantitative estimate of drug-likeness (QED) is 0.622. The van der Waals surface area contributed by atoms with Crippen molar-refractivity contribution in [3.63, 3.8) is 0 Å². The van der Waals surface area contributed by atoms with Gasteiger partial charge in [-0.1, -0.05) is 0 Å². The van der Waals surface area contributed by atoms with Crippen LogP contribution in [0.15, 0.2) is 0 Å². The predicted molar refractivity (Wildman–Crippen MR) is 66.9 cm³/mol. The van der Waals surface area contributed by atoms with Gasteiger partial charge in [-0.05, 0) is 32.2 Å². The summed E-state index contributed by atoms with van der Waals surface area (Å²) in [6.07, 6.45) is 1.97. The predicted octanol–water partition coefficient (Wildman–Crippen LogP) is -0.778. The molecule has 1 aliphatic heterocycles. The zero-order chi connectivity index (χ0) is 12.9. The van der Waals surface area contributed by atoms with E-state index in [4.69, 9.17) is 5.73 Å². The molecule has 102 valence electrons. The van der Waals surface area contributed by atoms with Gasteiger partial charge in [0.2, 0.25) is 10.0 Å². The molecule has 1 fully saturated rings. The van der Waals surface area contributed by atoms with Crippen LogP contribution < -0.4 is 10.5 Å². The topological polar surface area (TPSA) is 106 Å². The minimum atomic E-state index is -3.29. The number of nitrogens with one attached hydrogen (secondary N) is 1. The summed E-state index contributed by atoms with van der Waals surface area (Å²) in [7, 11) is -6.23. The van der Waals surface area contributed by atoms with Gasteiger partial charge in [-0.25, -0.2) is 21.6 Å². The summed E-state index contributed by atoms with van der Waals surface area (Å²) in [6.45, 7) is 0.483. The molecule has 0 spiro atoms. The van der Waals surface area contributed by atoms with Crippen molar-refractivity contribution < 1.29 is 16.8 Å². The number of sulfone groups is 1. The van der Waals surface area contributed by atoms with Crippen molar-refractivity contribution in [3.05, 3.63) is 0 Å². The lowest BCUT2D eigenvalue weighted by atomic mass is 10.2. The van der Waals surface area contributed by atoms with Crippen LogP contribution in [0, 0.1) is 0 Å². The van der Waals surface area contributed by atoms with E-state index in [1.54, 1.807) is 0 Å². The summed E-state index contributed by atoms with van der Waals surface area (Å²) < 4.78 is 48.2. The summed E-state index contributed by atoms with van der Waals surface area (Å²) in [6, 6.07) is -0.235. The minimum absolute atomic E-state index is 0.0629. The Kier molecular flexibility index (Phi) is 5.36. The Labute approximate surface area is 103 Å². The third-order valence-corrected chi connectivity index (χ3v) is 6.00. The van der Waals surface area contributed by atoms with E-state index < -0.39 is 19.9 Å². The Morgan fingerprint density at radius 3 is 2.29 bits per heavy atom. The standard InChI is InChI=1S/C9H20N2O4S2/c10-5-1-2-6-17(14,15)11-9-3-7-16(12,13)8-4-9/h9,11H,1-8,10H2. The largest absolute Gasteiger partial charge is 0.330 e. The molecule has 1 aliphatic rings. The number of rotatable bonds is 6. The molecular formula is C9H20N2O4S2. The van der Waals surface area contributed by atoms with Gasteiger partial charge in [0.1, 0.15) is 9.84 Å². The highest BCUT2D eigenvalue weighted by Crippen LogP contribution is 2.13. The van der Waals surface area contributed by atoms with Gasteiger partial charge in [-0.2, -0.15) is 0 Å². The molecular weight excluding hydrogens is 264 g/mol. The average Bonchev–Trinajstić information content (AvgIpc) is 2.21. The second kappa shape index (κ2) is 6.12. The molecule has 0 aromatic heterocycles.